The number of hydrogen-bond acceptors (Lipinski definition) is 2. The zero-order valence-corrected chi connectivity index (χ0v) is 10.0. The lowest BCUT2D eigenvalue weighted by molar-refractivity contribution is 0.336. The summed E-state index contributed by atoms with van der Waals surface area (Å²) in [5.74, 6) is 0.222. The van der Waals surface area contributed by atoms with E-state index in [1.165, 1.54) is 25.7 Å². The van der Waals surface area contributed by atoms with Crippen LogP contribution in [0.4, 0.5) is 0 Å². The second kappa shape index (κ2) is 5.12. The Morgan fingerprint density at radius 2 is 1.64 bits per heavy atom. The van der Waals surface area contributed by atoms with Gasteiger partial charge in [-0.3, -0.25) is 0 Å². The second-order valence-electron chi connectivity index (χ2n) is 4.06. The van der Waals surface area contributed by atoms with Gasteiger partial charge < -0.3 is 0 Å². The molecule has 1 rings (SSSR count). The Kier molecular flexibility index (Phi) is 4.38. The van der Waals surface area contributed by atoms with E-state index in [4.69, 9.17) is 0 Å². The molecule has 0 atom stereocenters. The highest BCUT2D eigenvalue weighted by Gasteiger charge is 2.24. The molecule has 4 heteroatoms. The SMILES string of the molecule is CCS(=O)(=O)N(C)C1CCCCCC1. The molecule has 3 nitrogen and oxygen atoms in total. The minimum absolute atomic E-state index is 0.222. The van der Waals surface area contributed by atoms with Crippen molar-refractivity contribution in [2.24, 2.45) is 0 Å². The Balaban J connectivity index is 2.62. The standard InChI is InChI=1S/C10H21NO2S/c1-3-14(12,13)11(2)10-8-6-4-5-7-9-10/h10H,3-9H2,1-2H3. The molecule has 1 aliphatic rings. The third-order valence-corrected chi connectivity index (χ3v) is 5.05. The van der Waals surface area contributed by atoms with Crippen molar-refractivity contribution >= 4 is 10.0 Å². The van der Waals surface area contributed by atoms with E-state index in [1.54, 1.807) is 18.3 Å². The Morgan fingerprint density at radius 1 is 1.14 bits per heavy atom. The summed E-state index contributed by atoms with van der Waals surface area (Å²) in [7, 11) is -1.25. The lowest BCUT2D eigenvalue weighted by Crippen LogP contribution is -2.37. The molecular weight excluding hydrogens is 198 g/mol. The van der Waals surface area contributed by atoms with Crippen LogP contribution >= 0.6 is 0 Å². The molecule has 1 aliphatic carbocycles. The lowest BCUT2D eigenvalue weighted by Gasteiger charge is -2.25. The maximum absolute atomic E-state index is 11.6. The fraction of sp³-hybridized carbons (Fsp3) is 1.00. The van der Waals surface area contributed by atoms with Gasteiger partial charge in [-0.25, -0.2) is 12.7 Å². The molecule has 0 aromatic carbocycles. The summed E-state index contributed by atoms with van der Waals surface area (Å²) in [6.45, 7) is 1.71. The van der Waals surface area contributed by atoms with Gasteiger partial charge in [0.15, 0.2) is 0 Å². The monoisotopic (exact) mass is 219 g/mol. The van der Waals surface area contributed by atoms with E-state index in [0.717, 1.165) is 12.8 Å². The molecule has 0 bridgehead atoms. The Bertz CT molecular complexity index is 253. The molecule has 0 amide bonds. The third-order valence-electron chi connectivity index (χ3n) is 3.14. The average Bonchev–Trinajstić information content (AvgIpc) is 2.44. The van der Waals surface area contributed by atoms with E-state index < -0.39 is 10.0 Å². The van der Waals surface area contributed by atoms with E-state index in [2.05, 4.69) is 0 Å². The quantitative estimate of drug-likeness (QED) is 0.681. The van der Waals surface area contributed by atoms with Gasteiger partial charge in [-0.15, -0.1) is 0 Å². The van der Waals surface area contributed by atoms with Crippen molar-refractivity contribution in [2.75, 3.05) is 12.8 Å². The van der Waals surface area contributed by atoms with E-state index in [9.17, 15) is 8.42 Å². The van der Waals surface area contributed by atoms with Gasteiger partial charge in [-0.1, -0.05) is 25.7 Å². The van der Waals surface area contributed by atoms with E-state index in [-0.39, 0.29) is 11.8 Å². The highest BCUT2D eigenvalue weighted by Crippen LogP contribution is 2.22. The van der Waals surface area contributed by atoms with Crippen molar-refractivity contribution < 1.29 is 8.42 Å². The molecule has 0 aromatic rings. The topological polar surface area (TPSA) is 37.4 Å². The summed E-state index contributed by atoms with van der Waals surface area (Å²) in [4.78, 5) is 0. The van der Waals surface area contributed by atoms with Crippen molar-refractivity contribution in [3.8, 4) is 0 Å². The first-order valence-electron chi connectivity index (χ1n) is 5.53. The van der Waals surface area contributed by atoms with Crippen LogP contribution < -0.4 is 0 Å². The van der Waals surface area contributed by atoms with Gasteiger partial charge in [0.25, 0.3) is 0 Å². The largest absolute Gasteiger partial charge is 0.213 e. The molecule has 0 heterocycles. The third kappa shape index (κ3) is 2.95. The molecule has 0 unspecified atom stereocenters. The molecule has 0 N–H and O–H groups in total. The van der Waals surface area contributed by atoms with Crippen molar-refractivity contribution in [1.82, 2.24) is 4.31 Å². The fourth-order valence-corrected chi connectivity index (χ4v) is 3.12. The summed E-state index contributed by atoms with van der Waals surface area (Å²) in [6, 6.07) is 0.252. The summed E-state index contributed by atoms with van der Waals surface area (Å²) >= 11 is 0. The van der Waals surface area contributed by atoms with Crippen LogP contribution in [0.5, 0.6) is 0 Å². The molecule has 1 saturated carbocycles. The molecule has 0 radical (unpaired) electrons. The van der Waals surface area contributed by atoms with Crippen LogP contribution in [0.25, 0.3) is 0 Å². The molecule has 0 aromatic heterocycles. The van der Waals surface area contributed by atoms with Crippen molar-refractivity contribution in [2.45, 2.75) is 51.5 Å². The summed E-state index contributed by atoms with van der Waals surface area (Å²) < 4.78 is 24.9. The van der Waals surface area contributed by atoms with Crippen LogP contribution in [-0.2, 0) is 10.0 Å². The van der Waals surface area contributed by atoms with Gasteiger partial charge in [0.05, 0.1) is 5.75 Å². The predicted molar refractivity (Wildman–Crippen MR) is 58.7 cm³/mol. The zero-order chi connectivity index (χ0) is 10.6. The fourth-order valence-electron chi connectivity index (χ4n) is 2.05. The van der Waals surface area contributed by atoms with Crippen molar-refractivity contribution in [3.05, 3.63) is 0 Å². The first-order chi connectivity index (χ1) is 6.58. The van der Waals surface area contributed by atoms with Crippen LogP contribution in [0.2, 0.25) is 0 Å². The van der Waals surface area contributed by atoms with E-state index in [1.807, 2.05) is 0 Å². The van der Waals surface area contributed by atoms with Crippen LogP contribution in [0.3, 0.4) is 0 Å². The number of sulfonamides is 1. The zero-order valence-electron chi connectivity index (χ0n) is 9.20. The van der Waals surface area contributed by atoms with Crippen molar-refractivity contribution in [1.29, 1.82) is 0 Å². The van der Waals surface area contributed by atoms with Gasteiger partial charge >= 0.3 is 0 Å². The summed E-state index contributed by atoms with van der Waals surface area (Å²) in [6.07, 6.45) is 6.95. The smallest absolute Gasteiger partial charge is 0.212 e. The molecule has 14 heavy (non-hydrogen) atoms. The molecule has 0 saturated heterocycles. The first-order valence-corrected chi connectivity index (χ1v) is 7.14. The van der Waals surface area contributed by atoms with Crippen LogP contribution in [0, 0.1) is 0 Å². The maximum Gasteiger partial charge on any atom is 0.213 e. The van der Waals surface area contributed by atoms with Gasteiger partial charge in [-0.05, 0) is 19.8 Å². The minimum Gasteiger partial charge on any atom is -0.212 e. The summed E-state index contributed by atoms with van der Waals surface area (Å²) in [5, 5.41) is 0. The minimum atomic E-state index is -2.98. The van der Waals surface area contributed by atoms with Crippen LogP contribution in [0.15, 0.2) is 0 Å². The molecule has 0 spiro atoms. The Labute approximate surface area is 87.5 Å². The Morgan fingerprint density at radius 3 is 2.07 bits per heavy atom. The highest BCUT2D eigenvalue weighted by atomic mass is 32.2. The van der Waals surface area contributed by atoms with Crippen LogP contribution in [-0.4, -0.2) is 31.6 Å². The lowest BCUT2D eigenvalue weighted by atomic mass is 10.1. The van der Waals surface area contributed by atoms with Crippen LogP contribution in [0.1, 0.15) is 45.4 Å². The average molecular weight is 219 g/mol. The van der Waals surface area contributed by atoms with Gasteiger partial charge in [0, 0.05) is 13.1 Å². The van der Waals surface area contributed by atoms with Gasteiger partial charge in [-0.2, -0.15) is 0 Å². The highest BCUT2D eigenvalue weighted by molar-refractivity contribution is 7.89. The first kappa shape index (κ1) is 12.0. The maximum atomic E-state index is 11.6. The molecule has 84 valence electrons. The number of hydrogen-bond donors (Lipinski definition) is 0. The Hall–Kier alpha value is -0.0900. The second-order valence-corrected chi connectivity index (χ2v) is 6.38. The predicted octanol–water partition coefficient (Wildman–Crippen LogP) is 1.99. The molecular formula is C10H21NO2S. The molecule has 0 aliphatic heterocycles. The van der Waals surface area contributed by atoms with Gasteiger partial charge in [0.1, 0.15) is 0 Å². The molecule has 1 fully saturated rings. The number of nitrogens with zero attached hydrogens (tertiary/aromatic N) is 1. The van der Waals surface area contributed by atoms with Gasteiger partial charge in [0.2, 0.25) is 10.0 Å². The number of rotatable bonds is 3. The normalized spacial score (nSPS) is 21.1. The van der Waals surface area contributed by atoms with E-state index in [0.29, 0.717) is 0 Å². The van der Waals surface area contributed by atoms with E-state index >= 15 is 0 Å². The van der Waals surface area contributed by atoms with Crippen molar-refractivity contribution in [3.63, 3.8) is 0 Å². The summed E-state index contributed by atoms with van der Waals surface area (Å²) in [5.41, 5.74) is 0.